The fourth-order valence-corrected chi connectivity index (χ4v) is 4.47. The third-order valence-corrected chi connectivity index (χ3v) is 6.33. The van der Waals surface area contributed by atoms with E-state index in [9.17, 15) is 18.7 Å². The number of fused-ring (bicyclic) bond motifs is 2. The normalized spacial score (nSPS) is 16.6. The van der Waals surface area contributed by atoms with Crippen LogP contribution < -0.4 is 4.90 Å². The molecule has 1 aromatic carbocycles. The van der Waals surface area contributed by atoms with Crippen LogP contribution >= 0.6 is 0 Å². The standard InChI is InChI=1S/C25H20F2N6O2/c1-31(13-15-6-3-2-4-7-15)21-10-19(30-23-17(24(34)35)12-29-33(21)23)18-14-32(20-11-25(20,26)27)22-16(18)8-5-9-28-22/h2-10,12,14,20H,11,13H2,1H3,(H,34,35). The van der Waals surface area contributed by atoms with Gasteiger partial charge in [-0.2, -0.15) is 9.61 Å². The number of carboxylic acid groups (broad SMARTS) is 1. The van der Waals surface area contributed by atoms with Crippen LogP contribution in [-0.4, -0.2) is 48.2 Å². The van der Waals surface area contributed by atoms with Crippen molar-refractivity contribution in [2.75, 3.05) is 11.9 Å². The number of hydrogen-bond acceptors (Lipinski definition) is 5. The van der Waals surface area contributed by atoms with Crippen LogP contribution in [0.4, 0.5) is 14.6 Å². The largest absolute Gasteiger partial charge is 0.477 e. The van der Waals surface area contributed by atoms with Gasteiger partial charge >= 0.3 is 5.97 Å². The predicted octanol–water partition coefficient (Wildman–Crippen LogP) is 4.66. The first-order valence-electron chi connectivity index (χ1n) is 11.0. The van der Waals surface area contributed by atoms with Crippen LogP contribution in [0.25, 0.3) is 27.9 Å². The molecule has 1 fully saturated rings. The number of aromatic nitrogens is 5. The van der Waals surface area contributed by atoms with Crippen LogP contribution in [0.15, 0.2) is 67.1 Å². The minimum absolute atomic E-state index is 0.0446. The summed E-state index contributed by atoms with van der Waals surface area (Å²) >= 11 is 0. The van der Waals surface area contributed by atoms with Gasteiger partial charge < -0.3 is 14.6 Å². The summed E-state index contributed by atoms with van der Waals surface area (Å²) < 4.78 is 30.9. The molecule has 1 N–H and O–H groups in total. The molecular formula is C25H20F2N6O2. The van der Waals surface area contributed by atoms with E-state index in [-0.39, 0.29) is 17.6 Å². The number of anilines is 1. The van der Waals surface area contributed by atoms with Gasteiger partial charge in [-0.15, -0.1) is 0 Å². The molecule has 1 unspecified atom stereocenters. The van der Waals surface area contributed by atoms with E-state index < -0.39 is 17.9 Å². The summed E-state index contributed by atoms with van der Waals surface area (Å²) in [5.41, 5.74) is 2.69. The molecule has 1 aliphatic rings. The Labute approximate surface area is 198 Å². The Balaban J connectivity index is 1.55. The SMILES string of the molecule is CN(Cc1ccccc1)c1cc(-c2cn(C3CC3(F)F)c3ncccc23)nc2c(C(=O)O)cnn12. The minimum Gasteiger partial charge on any atom is -0.477 e. The van der Waals surface area contributed by atoms with Gasteiger partial charge in [-0.05, 0) is 17.7 Å². The number of benzene rings is 1. The van der Waals surface area contributed by atoms with Crippen LogP contribution in [0.3, 0.4) is 0 Å². The number of alkyl halides is 2. The molecule has 1 atom stereocenters. The highest BCUT2D eigenvalue weighted by atomic mass is 19.3. The average Bonchev–Trinajstić information content (AvgIpc) is 3.17. The van der Waals surface area contributed by atoms with E-state index in [0.29, 0.717) is 34.7 Å². The van der Waals surface area contributed by atoms with Crippen LogP contribution in [0.2, 0.25) is 0 Å². The molecule has 4 heterocycles. The fraction of sp³-hybridized carbons (Fsp3) is 0.200. The lowest BCUT2D eigenvalue weighted by atomic mass is 10.1. The molecule has 10 heteroatoms. The van der Waals surface area contributed by atoms with Crippen molar-refractivity contribution < 1.29 is 18.7 Å². The van der Waals surface area contributed by atoms with E-state index in [0.717, 1.165) is 5.56 Å². The van der Waals surface area contributed by atoms with Crippen molar-refractivity contribution >= 4 is 28.5 Å². The molecule has 35 heavy (non-hydrogen) atoms. The third-order valence-electron chi connectivity index (χ3n) is 6.33. The molecule has 0 amide bonds. The van der Waals surface area contributed by atoms with E-state index >= 15 is 0 Å². The van der Waals surface area contributed by atoms with Gasteiger partial charge in [0.2, 0.25) is 0 Å². The Kier molecular flexibility index (Phi) is 4.60. The number of rotatable bonds is 6. The number of hydrogen-bond donors (Lipinski definition) is 1. The molecule has 0 aliphatic heterocycles. The Bertz CT molecular complexity index is 1590. The van der Waals surface area contributed by atoms with E-state index in [1.165, 1.54) is 15.3 Å². The average molecular weight is 474 g/mol. The van der Waals surface area contributed by atoms with Gasteiger partial charge in [-0.25, -0.2) is 23.5 Å². The first-order valence-corrected chi connectivity index (χ1v) is 11.0. The number of halogens is 2. The fourth-order valence-electron chi connectivity index (χ4n) is 4.47. The van der Waals surface area contributed by atoms with Crippen molar-refractivity contribution in [3.8, 4) is 11.3 Å². The zero-order chi connectivity index (χ0) is 24.3. The summed E-state index contributed by atoms with van der Waals surface area (Å²) in [4.78, 5) is 22.8. The summed E-state index contributed by atoms with van der Waals surface area (Å²) in [6, 6.07) is 14.2. The van der Waals surface area contributed by atoms with Crippen molar-refractivity contribution in [2.45, 2.75) is 24.9 Å². The first kappa shape index (κ1) is 21.2. The van der Waals surface area contributed by atoms with Crippen LogP contribution in [-0.2, 0) is 6.54 Å². The van der Waals surface area contributed by atoms with Crippen LogP contribution in [0, 0.1) is 0 Å². The molecule has 176 valence electrons. The highest BCUT2D eigenvalue weighted by Gasteiger charge is 2.58. The number of carboxylic acids is 1. The van der Waals surface area contributed by atoms with E-state index in [1.807, 2.05) is 48.3 Å². The Morgan fingerprint density at radius 3 is 2.69 bits per heavy atom. The lowest BCUT2D eigenvalue weighted by Gasteiger charge is -2.21. The van der Waals surface area contributed by atoms with Gasteiger partial charge in [-0.3, -0.25) is 0 Å². The minimum atomic E-state index is -2.78. The van der Waals surface area contributed by atoms with Crippen molar-refractivity contribution in [2.24, 2.45) is 0 Å². The zero-order valence-electron chi connectivity index (χ0n) is 18.6. The second kappa shape index (κ2) is 7.59. The van der Waals surface area contributed by atoms with Gasteiger partial charge in [0, 0.05) is 49.4 Å². The molecule has 6 rings (SSSR count). The molecule has 8 nitrogen and oxygen atoms in total. The molecule has 0 saturated heterocycles. The van der Waals surface area contributed by atoms with E-state index in [4.69, 9.17) is 0 Å². The quantitative estimate of drug-likeness (QED) is 0.385. The van der Waals surface area contributed by atoms with Gasteiger partial charge in [0.05, 0.1) is 11.9 Å². The summed E-state index contributed by atoms with van der Waals surface area (Å²) in [5.74, 6) is -3.31. The van der Waals surface area contributed by atoms with Gasteiger partial charge in [-0.1, -0.05) is 30.3 Å². The Hall–Kier alpha value is -4.34. The third kappa shape index (κ3) is 3.49. The first-order chi connectivity index (χ1) is 16.8. The maximum absolute atomic E-state index is 14.0. The van der Waals surface area contributed by atoms with E-state index in [2.05, 4.69) is 15.1 Å². The molecule has 1 aliphatic carbocycles. The summed E-state index contributed by atoms with van der Waals surface area (Å²) in [7, 11) is 1.88. The topological polar surface area (TPSA) is 88.5 Å². The summed E-state index contributed by atoms with van der Waals surface area (Å²) in [6.07, 6.45) is 4.23. The van der Waals surface area contributed by atoms with Crippen molar-refractivity contribution in [3.63, 3.8) is 0 Å². The number of pyridine rings is 1. The maximum Gasteiger partial charge on any atom is 0.341 e. The zero-order valence-corrected chi connectivity index (χ0v) is 18.6. The number of nitrogens with zero attached hydrogens (tertiary/aromatic N) is 6. The highest BCUT2D eigenvalue weighted by molar-refractivity contribution is 5.97. The second-order valence-electron chi connectivity index (χ2n) is 8.75. The van der Waals surface area contributed by atoms with Crippen molar-refractivity contribution in [3.05, 3.63) is 78.2 Å². The summed E-state index contributed by atoms with van der Waals surface area (Å²) in [6.45, 7) is 0.541. The molecule has 0 radical (unpaired) electrons. The Morgan fingerprint density at radius 2 is 1.97 bits per heavy atom. The monoisotopic (exact) mass is 474 g/mol. The van der Waals surface area contributed by atoms with Gasteiger partial charge in [0.15, 0.2) is 5.65 Å². The Morgan fingerprint density at radius 1 is 1.20 bits per heavy atom. The number of aromatic carboxylic acids is 1. The van der Waals surface area contributed by atoms with Crippen molar-refractivity contribution in [1.82, 2.24) is 24.1 Å². The maximum atomic E-state index is 14.0. The molecule has 4 aromatic heterocycles. The highest BCUT2D eigenvalue weighted by Crippen LogP contribution is 2.54. The number of carbonyl (C=O) groups is 1. The lowest BCUT2D eigenvalue weighted by molar-refractivity contribution is 0.0698. The second-order valence-corrected chi connectivity index (χ2v) is 8.75. The van der Waals surface area contributed by atoms with Gasteiger partial charge in [0.25, 0.3) is 5.92 Å². The van der Waals surface area contributed by atoms with Gasteiger partial charge in [0.1, 0.15) is 23.1 Å². The van der Waals surface area contributed by atoms with Crippen LogP contribution in [0.5, 0.6) is 0 Å². The molecule has 5 aromatic rings. The molecule has 0 spiro atoms. The van der Waals surface area contributed by atoms with Crippen LogP contribution in [0.1, 0.15) is 28.4 Å². The summed E-state index contributed by atoms with van der Waals surface area (Å²) in [5, 5.41) is 14.7. The predicted molar refractivity (Wildman–Crippen MR) is 126 cm³/mol. The lowest BCUT2D eigenvalue weighted by Crippen LogP contribution is -2.20. The smallest absolute Gasteiger partial charge is 0.341 e. The van der Waals surface area contributed by atoms with Crippen molar-refractivity contribution in [1.29, 1.82) is 0 Å². The molecular weight excluding hydrogens is 454 g/mol. The molecule has 0 bridgehead atoms. The molecule has 1 saturated carbocycles. The van der Waals surface area contributed by atoms with E-state index in [1.54, 1.807) is 24.5 Å².